The molecule has 0 bridgehead atoms. The summed E-state index contributed by atoms with van der Waals surface area (Å²) < 4.78 is 1.75. The van der Waals surface area contributed by atoms with Gasteiger partial charge in [0, 0.05) is 19.0 Å². The highest BCUT2D eigenvalue weighted by atomic mass is 35.5. The van der Waals surface area contributed by atoms with Crippen molar-refractivity contribution in [1.82, 2.24) is 9.55 Å². The minimum Gasteiger partial charge on any atom is -0.297 e. The van der Waals surface area contributed by atoms with Crippen molar-refractivity contribution in [2.45, 2.75) is 31.7 Å². The second-order valence-corrected chi connectivity index (χ2v) is 3.51. The zero-order valence-corrected chi connectivity index (χ0v) is 8.05. The summed E-state index contributed by atoms with van der Waals surface area (Å²) in [7, 11) is 0. The fraction of sp³-hybridized carbons (Fsp3) is 0.556. The van der Waals surface area contributed by atoms with E-state index in [0.29, 0.717) is 11.6 Å². The Morgan fingerprint density at radius 2 is 2.38 bits per heavy atom. The topological polar surface area (TPSA) is 34.9 Å². The molecule has 3 nitrogen and oxygen atoms in total. The fourth-order valence-electron chi connectivity index (χ4n) is 1.66. The van der Waals surface area contributed by atoms with Crippen LogP contribution in [0.25, 0.3) is 0 Å². The van der Waals surface area contributed by atoms with Crippen LogP contribution in [-0.4, -0.2) is 9.55 Å². The van der Waals surface area contributed by atoms with E-state index in [2.05, 4.69) is 4.98 Å². The molecule has 2 rings (SSSR count). The number of aryl methyl sites for hydroxylation is 1. The van der Waals surface area contributed by atoms with E-state index in [1.54, 1.807) is 4.57 Å². The minimum absolute atomic E-state index is 0.0420. The van der Waals surface area contributed by atoms with Crippen molar-refractivity contribution in [3.05, 3.63) is 27.9 Å². The fourth-order valence-corrected chi connectivity index (χ4v) is 1.79. The summed E-state index contributed by atoms with van der Waals surface area (Å²) in [6.07, 6.45) is 3.10. The molecule has 0 unspecified atom stereocenters. The van der Waals surface area contributed by atoms with Gasteiger partial charge in [-0.25, -0.2) is 4.98 Å². The number of hydrogen-bond donors (Lipinski definition) is 0. The van der Waals surface area contributed by atoms with E-state index >= 15 is 0 Å². The quantitative estimate of drug-likeness (QED) is 0.638. The zero-order chi connectivity index (χ0) is 9.26. The van der Waals surface area contributed by atoms with Gasteiger partial charge in [-0.3, -0.25) is 9.36 Å². The van der Waals surface area contributed by atoms with Crippen molar-refractivity contribution >= 4 is 11.6 Å². The molecule has 1 aromatic heterocycles. The van der Waals surface area contributed by atoms with Gasteiger partial charge in [-0.2, -0.15) is 0 Å². The summed E-state index contributed by atoms with van der Waals surface area (Å²) in [5.74, 6) is 1.22. The first-order chi connectivity index (χ1) is 6.31. The Morgan fingerprint density at radius 3 is 3.15 bits per heavy atom. The van der Waals surface area contributed by atoms with Gasteiger partial charge in [0.15, 0.2) is 0 Å². The molecule has 0 N–H and O–H groups in total. The summed E-state index contributed by atoms with van der Waals surface area (Å²) in [6, 6.07) is 1.53. The van der Waals surface area contributed by atoms with Crippen LogP contribution in [0.3, 0.4) is 0 Å². The van der Waals surface area contributed by atoms with Crippen LogP contribution in [0.5, 0.6) is 0 Å². The van der Waals surface area contributed by atoms with Gasteiger partial charge in [-0.05, 0) is 12.8 Å². The van der Waals surface area contributed by atoms with E-state index in [9.17, 15) is 4.79 Å². The van der Waals surface area contributed by atoms with E-state index in [-0.39, 0.29) is 5.56 Å². The Bertz CT molecular complexity index is 372. The highest BCUT2D eigenvalue weighted by Crippen LogP contribution is 2.10. The Labute approximate surface area is 81.4 Å². The van der Waals surface area contributed by atoms with Crippen LogP contribution in [0.15, 0.2) is 10.9 Å². The maximum atomic E-state index is 11.5. The molecule has 1 aliphatic rings. The predicted octanol–water partition coefficient (Wildman–Crippen LogP) is 1.32. The minimum atomic E-state index is 0.0420. The van der Waals surface area contributed by atoms with Gasteiger partial charge in [0.2, 0.25) is 0 Å². The van der Waals surface area contributed by atoms with Crippen LogP contribution in [0, 0.1) is 0 Å². The smallest absolute Gasteiger partial charge is 0.253 e. The molecule has 0 saturated carbocycles. The third-order valence-electron chi connectivity index (χ3n) is 2.31. The molecule has 0 aromatic carbocycles. The molecule has 13 heavy (non-hydrogen) atoms. The summed E-state index contributed by atoms with van der Waals surface area (Å²) in [5, 5.41) is 0. The van der Waals surface area contributed by atoms with Gasteiger partial charge in [0.1, 0.15) is 5.82 Å². The normalized spacial score (nSPS) is 15.5. The van der Waals surface area contributed by atoms with Crippen LogP contribution >= 0.6 is 11.6 Å². The lowest BCUT2D eigenvalue weighted by Crippen LogP contribution is -2.28. The summed E-state index contributed by atoms with van der Waals surface area (Å²) in [5.41, 5.74) is 0.736. The van der Waals surface area contributed by atoms with E-state index in [1.807, 2.05) is 0 Å². The van der Waals surface area contributed by atoms with Crippen molar-refractivity contribution in [2.75, 3.05) is 0 Å². The third-order valence-corrected chi connectivity index (χ3v) is 2.58. The Hall–Kier alpha value is -0.830. The number of alkyl halides is 1. The van der Waals surface area contributed by atoms with Gasteiger partial charge < -0.3 is 0 Å². The second-order valence-electron chi connectivity index (χ2n) is 3.24. The Balaban J connectivity index is 2.53. The van der Waals surface area contributed by atoms with E-state index in [1.165, 1.54) is 6.07 Å². The average Bonchev–Trinajstić information content (AvgIpc) is 2.18. The zero-order valence-electron chi connectivity index (χ0n) is 7.29. The lowest BCUT2D eigenvalue weighted by atomic mass is 10.1. The average molecular weight is 199 g/mol. The van der Waals surface area contributed by atoms with Crippen LogP contribution < -0.4 is 5.56 Å². The van der Waals surface area contributed by atoms with Crippen molar-refractivity contribution in [3.8, 4) is 0 Å². The highest BCUT2D eigenvalue weighted by molar-refractivity contribution is 6.16. The highest BCUT2D eigenvalue weighted by Gasteiger charge is 2.11. The monoisotopic (exact) mass is 198 g/mol. The lowest BCUT2D eigenvalue weighted by molar-refractivity contribution is 0.493. The lowest BCUT2D eigenvalue weighted by Gasteiger charge is -2.16. The maximum Gasteiger partial charge on any atom is 0.253 e. The molecule has 0 aliphatic carbocycles. The first kappa shape index (κ1) is 8.75. The molecule has 1 aromatic rings. The van der Waals surface area contributed by atoms with Crippen LogP contribution in [-0.2, 0) is 18.8 Å². The molecule has 0 radical (unpaired) electrons. The number of nitrogens with zero attached hydrogens (tertiary/aromatic N) is 2. The van der Waals surface area contributed by atoms with Crippen LogP contribution in [0.2, 0.25) is 0 Å². The molecule has 0 fully saturated rings. The number of aromatic nitrogens is 2. The summed E-state index contributed by atoms with van der Waals surface area (Å²) >= 11 is 5.63. The molecule has 70 valence electrons. The molecule has 0 spiro atoms. The van der Waals surface area contributed by atoms with E-state index in [4.69, 9.17) is 11.6 Å². The molecule has 1 aliphatic heterocycles. The van der Waals surface area contributed by atoms with Gasteiger partial charge in [0.25, 0.3) is 5.56 Å². The van der Waals surface area contributed by atoms with E-state index < -0.39 is 0 Å². The Morgan fingerprint density at radius 1 is 1.54 bits per heavy atom. The van der Waals surface area contributed by atoms with Crippen molar-refractivity contribution in [2.24, 2.45) is 0 Å². The number of fused-ring (bicyclic) bond motifs is 1. The first-order valence-electron chi connectivity index (χ1n) is 4.47. The molecular weight excluding hydrogens is 188 g/mol. The number of hydrogen-bond acceptors (Lipinski definition) is 2. The largest absolute Gasteiger partial charge is 0.297 e. The second kappa shape index (κ2) is 3.50. The summed E-state index contributed by atoms with van der Waals surface area (Å²) in [6.45, 7) is 0.809. The Kier molecular flexibility index (Phi) is 2.36. The number of rotatable bonds is 1. The molecular formula is C9H11ClN2O. The van der Waals surface area contributed by atoms with Gasteiger partial charge in [-0.1, -0.05) is 0 Å². The SMILES string of the molecule is O=c1cc(CCl)nc2n1CCCC2. The van der Waals surface area contributed by atoms with Crippen LogP contribution in [0.4, 0.5) is 0 Å². The number of halogens is 1. The van der Waals surface area contributed by atoms with Gasteiger partial charge in [-0.15, -0.1) is 11.6 Å². The van der Waals surface area contributed by atoms with Gasteiger partial charge >= 0.3 is 0 Å². The van der Waals surface area contributed by atoms with Gasteiger partial charge in [0.05, 0.1) is 11.6 Å². The standard InChI is InChI=1S/C9H11ClN2O/c10-6-7-5-9(13)12-4-2-1-3-8(12)11-7/h5H,1-4,6H2. The maximum absolute atomic E-state index is 11.5. The molecule has 4 heteroatoms. The predicted molar refractivity (Wildman–Crippen MR) is 51.0 cm³/mol. The first-order valence-corrected chi connectivity index (χ1v) is 5.00. The molecule has 2 heterocycles. The van der Waals surface area contributed by atoms with Crippen molar-refractivity contribution < 1.29 is 0 Å². The van der Waals surface area contributed by atoms with Crippen molar-refractivity contribution in [1.29, 1.82) is 0 Å². The molecule has 0 saturated heterocycles. The third kappa shape index (κ3) is 1.61. The molecule has 0 atom stereocenters. The van der Waals surface area contributed by atoms with Crippen LogP contribution in [0.1, 0.15) is 24.4 Å². The molecule has 0 amide bonds. The van der Waals surface area contributed by atoms with E-state index in [0.717, 1.165) is 31.6 Å². The van der Waals surface area contributed by atoms with Crippen molar-refractivity contribution in [3.63, 3.8) is 0 Å². The summed E-state index contributed by atoms with van der Waals surface area (Å²) in [4.78, 5) is 15.8.